The zero-order chi connectivity index (χ0) is 24.3. The fourth-order valence-electron chi connectivity index (χ4n) is 4.68. The molecule has 0 bridgehead atoms. The first-order chi connectivity index (χ1) is 15.5. The van der Waals surface area contributed by atoms with Crippen LogP contribution >= 0.6 is 0 Å². The summed E-state index contributed by atoms with van der Waals surface area (Å²) in [5.41, 5.74) is 0. The van der Waals surface area contributed by atoms with Gasteiger partial charge in [0.15, 0.2) is 5.79 Å². The molecule has 6 heteroatoms. The first-order valence-corrected chi connectivity index (χ1v) is 13.3. The topological polar surface area (TPSA) is 54.0 Å². The predicted octanol–water partition coefficient (Wildman–Crippen LogP) is 4.20. The van der Waals surface area contributed by atoms with Gasteiger partial charge in [0.05, 0.1) is 6.61 Å². The Hall–Kier alpha value is -2.25. The maximum atomic E-state index is 11.7. The number of benzene rings is 2. The molecule has 1 unspecified atom stereocenters. The molecule has 1 saturated heterocycles. The van der Waals surface area contributed by atoms with Gasteiger partial charge in [-0.2, -0.15) is 0 Å². The molecule has 0 saturated carbocycles. The van der Waals surface area contributed by atoms with Gasteiger partial charge < -0.3 is 18.6 Å². The van der Waals surface area contributed by atoms with Gasteiger partial charge in [0, 0.05) is 6.92 Å². The van der Waals surface area contributed by atoms with Crippen molar-refractivity contribution in [3.63, 3.8) is 0 Å². The van der Waals surface area contributed by atoms with Crippen molar-refractivity contribution in [1.82, 2.24) is 0 Å². The molecule has 2 aromatic rings. The van der Waals surface area contributed by atoms with E-state index in [1.165, 1.54) is 17.3 Å². The lowest BCUT2D eigenvalue weighted by Gasteiger charge is -2.43. The molecule has 0 N–H and O–H groups in total. The van der Waals surface area contributed by atoms with Gasteiger partial charge in [-0.1, -0.05) is 88.0 Å². The van der Waals surface area contributed by atoms with Crippen LogP contribution in [0.15, 0.2) is 73.3 Å². The molecule has 3 atom stereocenters. The number of hydrogen-bond acceptors (Lipinski definition) is 5. The van der Waals surface area contributed by atoms with Crippen molar-refractivity contribution in [2.75, 3.05) is 6.61 Å². The molecule has 2 aromatic carbocycles. The maximum absolute atomic E-state index is 11.7. The Labute approximate surface area is 198 Å². The Kier molecular flexibility index (Phi) is 7.64. The largest absolute Gasteiger partial charge is 0.455 e. The summed E-state index contributed by atoms with van der Waals surface area (Å²) in [7, 11) is -2.74. The van der Waals surface area contributed by atoms with Gasteiger partial charge in [0.1, 0.15) is 18.3 Å². The first kappa shape index (κ1) is 25.4. The Balaban J connectivity index is 2.01. The summed E-state index contributed by atoms with van der Waals surface area (Å²) in [5, 5.41) is 2.23. The van der Waals surface area contributed by atoms with Crippen molar-refractivity contribution in [1.29, 1.82) is 0 Å². The van der Waals surface area contributed by atoms with E-state index in [1.807, 2.05) is 26.0 Å². The van der Waals surface area contributed by atoms with Gasteiger partial charge in [-0.15, -0.1) is 0 Å². The summed E-state index contributed by atoms with van der Waals surface area (Å²) in [6.45, 7) is 15.9. The number of carbonyl (C=O) groups excluding carboxylic acids is 1. The number of rotatable bonds is 8. The highest BCUT2D eigenvalue weighted by Crippen LogP contribution is 2.38. The second-order valence-electron chi connectivity index (χ2n) is 9.92. The Morgan fingerprint density at radius 2 is 1.58 bits per heavy atom. The molecular weight excluding hydrogens is 432 g/mol. The van der Waals surface area contributed by atoms with Gasteiger partial charge >= 0.3 is 5.97 Å². The van der Waals surface area contributed by atoms with Gasteiger partial charge in [0.25, 0.3) is 8.32 Å². The molecule has 0 aliphatic carbocycles. The van der Waals surface area contributed by atoms with Crippen molar-refractivity contribution >= 4 is 24.7 Å². The molecule has 178 valence electrons. The van der Waals surface area contributed by atoms with Crippen molar-refractivity contribution in [3.8, 4) is 0 Å². The lowest BCUT2D eigenvalue weighted by atomic mass is 10.1. The van der Waals surface area contributed by atoms with Crippen LogP contribution in [-0.4, -0.2) is 45.0 Å². The van der Waals surface area contributed by atoms with Crippen LogP contribution in [-0.2, 0) is 23.4 Å². The molecule has 0 spiro atoms. The van der Waals surface area contributed by atoms with Crippen LogP contribution in [0.4, 0.5) is 0 Å². The van der Waals surface area contributed by atoms with Crippen molar-refractivity contribution in [3.05, 3.63) is 73.3 Å². The van der Waals surface area contributed by atoms with E-state index >= 15 is 0 Å². The first-order valence-electron chi connectivity index (χ1n) is 11.4. The fourth-order valence-corrected chi connectivity index (χ4v) is 9.25. The number of hydrogen-bond donors (Lipinski definition) is 0. The quantitative estimate of drug-likeness (QED) is 0.330. The average molecular weight is 469 g/mol. The third-order valence-electron chi connectivity index (χ3n) is 5.96. The number of ether oxygens (including phenoxy) is 3. The molecule has 1 heterocycles. The summed E-state index contributed by atoms with van der Waals surface area (Å²) in [6, 6.07) is 20.9. The van der Waals surface area contributed by atoms with Gasteiger partial charge in [-0.25, -0.2) is 0 Å². The summed E-state index contributed by atoms with van der Waals surface area (Å²) >= 11 is 0. The van der Waals surface area contributed by atoms with E-state index in [1.54, 1.807) is 6.08 Å². The van der Waals surface area contributed by atoms with Crippen molar-refractivity contribution < 1.29 is 23.4 Å². The van der Waals surface area contributed by atoms with Crippen LogP contribution in [0.25, 0.3) is 0 Å². The SMILES string of the molecule is C=CC(OC(C)=O)[C@@H]1OC(C)(C)O[C@H]1CO[Si](c1ccccc1)(c1ccccc1)C(C)(C)C. The van der Waals surface area contributed by atoms with Crippen LogP contribution in [0, 0.1) is 0 Å². The van der Waals surface area contributed by atoms with E-state index in [2.05, 4.69) is 75.9 Å². The molecule has 0 radical (unpaired) electrons. The summed E-state index contributed by atoms with van der Waals surface area (Å²) in [5.74, 6) is -1.22. The Morgan fingerprint density at radius 1 is 1.06 bits per heavy atom. The highest BCUT2D eigenvalue weighted by molar-refractivity contribution is 6.99. The second-order valence-corrected chi connectivity index (χ2v) is 14.2. The third-order valence-corrected chi connectivity index (χ3v) is 11.0. The molecule has 1 aliphatic heterocycles. The van der Waals surface area contributed by atoms with Crippen LogP contribution < -0.4 is 10.4 Å². The van der Waals surface area contributed by atoms with Crippen LogP contribution in [0.5, 0.6) is 0 Å². The molecule has 1 aliphatic rings. The molecular formula is C27H36O5Si. The summed E-state index contributed by atoms with van der Waals surface area (Å²) < 4.78 is 24.9. The van der Waals surface area contributed by atoms with E-state index in [0.717, 1.165) is 0 Å². The molecule has 0 aromatic heterocycles. The van der Waals surface area contributed by atoms with Crippen LogP contribution in [0.2, 0.25) is 5.04 Å². The van der Waals surface area contributed by atoms with Crippen molar-refractivity contribution in [2.24, 2.45) is 0 Å². The van der Waals surface area contributed by atoms with Crippen LogP contribution in [0.3, 0.4) is 0 Å². The minimum absolute atomic E-state index is 0.159. The lowest BCUT2D eigenvalue weighted by molar-refractivity contribution is -0.165. The highest BCUT2D eigenvalue weighted by Gasteiger charge is 2.52. The fraction of sp³-hybridized carbons (Fsp3) is 0.444. The summed E-state index contributed by atoms with van der Waals surface area (Å²) in [6.07, 6.45) is 0.0211. The van der Waals surface area contributed by atoms with E-state index in [0.29, 0.717) is 6.61 Å². The smallest absolute Gasteiger partial charge is 0.303 e. The van der Waals surface area contributed by atoms with Crippen LogP contribution in [0.1, 0.15) is 41.5 Å². The molecule has 5 nitrogen and oxygen atoms in total. The Morgan fingerprint density at radius 3 is 2.00 bits per heavy atom. The lowest BCUT2D eigenvalue weighted by Crippen LogP contribution is -2.67. The maximum Gasteiger partial charge on any atom is 0.303 e. The van der Waals surface area contributed by atoms with Crippen molar-refractivity contribution in [2.45, 2.75) is 70.7 Å². The van der Waals surface area contributed by atoms with Gasteiger partial charge in [-0.05, 0) is 35.3 Å². The number of carbonyl (C=O) groups is 1. The molecule has 3 rings (SSSR count). The molecule has 33 heavy (non-hydrogen) atoms. The van der Waals surface area contributed by atoms with E-state index in [4.69, 9.17) is 18.6 Å². The Bertz CT molecular complexity index is 896. The zero-order valence-electron chi connectivity index (χ0n) is 20.5. The minimum atomic E-state index is -2.74. The average Bonchev–Trinajstić information content (AvgIpc) is 3.07. The molecule has 1 fully saturated rings. The van der Waals surface area contributed by atoms with Gasteiger partial charge in [-0.3, -0.25) is 4.79 Å². The number of esters is 1. The van der Waals surface area contributed by atoms with Gasteiger partial charge in [0.2, 0.25) is 0 Å². The highest BCUT2D eigenvalue weighted by atomic mass is 28.4. The zero-order valence-corrected chi connectivity index (χ0v) is 21.5. The second kappa shape index (κ2) is 9.93. The molecule has 0 amide bonds. The predicted molar refractivity (Wildman–Crippen MR) is 133 cm³/mol. The summed E-state index contributed by atoms with van der Waals surface area (Å²) in [4.78, 5) is 11.7. The third kappa shape index (κ3) is 5.46. The standard InChI is InChI=1S/C27H36O5Si/c1-8-23(30-20(2)28)25-24(31-27(6,7)32-25)19-29-33(26(3,4)5,21-15-11-9-12-16-21)22-17-13-10-14-18-22/h8-18,23-25H,1,19H2,2-7H3/t23?,24-,25-/m0/s1. The monoisotopic (exact) mass is 468 g/mol. The minimum Gasteiger partial charge on any atom is -0.455 e. The van der Waals surface area contributed by atoms with E-state index in [-0.39, 0.29) is 11.0 Å². The van der Waals surface area contributed by atoms with E-state index in [9.17, 15) is 4.79 Å². The van der Waals surface area contributed by atoms with E-state index < -0.39 is 32.4 Å². The normalized spacial score (nSPS) is 21.4.